The third-order valence-electron chi connectivity index (χ3n) is 3.14. The standard InChI is InChI=1S/C15H23N3O2/c1-10-5-6-11(9-16-10)17-12-7-13(8-12)18-14(19)20-15(2,3)4/h5-6,9,12-13,17H,7-8H2,1-4H3,(H,18,19). The molecule has 20 heavy (non-hydrogen) atoms. The summed E-state index contributed by atoms with van der Waals surface area (Å²) in [5.74, 6) is 0. The van der Waals surface area contributed by atoms with Crippen LogP contribution >= 0.6 is 0 Å². The van der Waals surface area contributed by atoms with E-state index in [1.165, 1.54) is 0 Å². The van der Waals surface area contributed by atoms with E-state index in [1.807, 2.05) is 46.0 Å². The van der Waals surface area contributed by atoms with Gasteiger partial charge < -0.3 is 15.4 Å². The number of ether oxygens (including phenoxy) is 1. The summed E-state index contributed by atoms with van der Waals surface area (Å²) in [5, 5.41) is 6.28. The van der Waals surface area contributed by atoms with E-state index in [4.69, 9.17) is 4.74 Å². The molecule has 1 aromatic rings. The zero-order valence-corrected chi connectivity index (χ0v) is 12.6. The predicted molar refractivity (Wildman–Crippen MR) is 78.8 cm³/mol. The van der Waals surface area contributed by atoms with E-state index in [0.717, 1.165) is 24.2 Å². The van der Waals surface area contributed by atoms with Gasteiger partial charge in [-0.05, 0) is 52.7 Å². The first-order valence-electron chi connectivity index (χ1n) is 7.00. The van der Waals surface area contributed by atoms with E-state index < -0.39 is 5.60 Å². The molecule has 0 bridgehead atoms. The van der Waals surface area contributed by atoms with E-state index in [1.54, 1.807) is 0 Å². The Bertz CT molecular complexity index is 459. The maximum Gasteiger partial charge on any atom is 0.407 e. The summed E-state index contributed by atoms with van der Waals surface area (Å²) in [4.78, 5) is 15.8. The highest BCUT2D eigenvalue weighted by atomic mass is 16.6. The summed E-state index contributed by atoms with van der Waals surface area (Å²) in [6, 6.07) is 4.59. The van der Waals surface area contributed by atoms with Crippen LogP contribution in [0, 0.1) is 6.92 Å². The molecule has 1 aromatic heterocycles. The van der Waals surface area contributed by atoms with Gasteiger partial charge in [0.2, 0.25) is 0 Å². The highest BCUT2D eigenvalue weighted by molar-refractivity contribution is 5.68. The molecule has 1 fully saturated rings. The van der Waals surface area contributed by atoms with Crippen molar-refractivity contribution < 1.29 is 9.53 Å². The number of nitrogens with one attached hydrogen (secondary N) is 2. The van der Waals surface area contributed by atoms with Crippen LogP contribution in [0.15, 0.2) is 18.3 Å². The van der Waals surface area contributed by atoms with E-state index in [9.17, 15) is 4.79 Å². The largest absolute Gasteiger partial charge is 0.444 e. The van der Waals surface area contributed by atoms with Gasteiger partial charge in [-0.15, -0.1) is 0 Å². The lowest BCUT2D eigenvalue weighted by Gasteiger charge is -2.37. The minimum atomic E-state index is -0.445. The second-order valence-electron chi connectivity index (χ2n) is 6.34. The van der Waals surface area contributed by atoms with Crippen molar-refractivity contribution in [2.45, 2.75) is 58.2 Å². The Labute approximate surface area is 120 Å². The number of carbonyl (C=O) groups excluding carboxylic acids is 1. The highest BCUT2D eigenvalue weighted by Gasteiger charge is 2.31. The summed E-state index contributed by atoms with van der Waals surface area (Å²) >= 11 is 0. The Balaban J connectivity index is 1.70. The molecule has 0 saturated heterocycles. The molecule has 2 N–H and O–H groups in total. The van der Waals surface area contributed by atoms with Crippen molar-refractivity contribution in [2.24, 2.45) is 0 Å². The lowest BCUT2D eigenvalue weighted by atomic mass is 9.87. The van der Waals surface area contributed by atoms with Gasteiger partial charge in [-0.3, -0.25) is 4.98 Å². The maximum atomic E-state index is 11.6. The number of nitrogens with zero attached hydrogens (tertiary/aromatic N) is 1. The van der Waals surface area contributed by atoms with E-state index in [-0.39, 0.29) is 12.1 Å². The van der Waals surface area contributed by atoms with Gasteiger partial charge in [-0.25, -0.2) is 4.79 Å². The molecule has 1 aliphatic rings. The quantitative estimate of drug-likeness (QED) is 0.891. The second-order valence-corrected chi connectivity index (χ2v) is 6.34. The Morgan fingerprint density at radius 2 is 2.00 bits per heavy atom. The number of alkyl carbamates (subject to hydrolysis) is 1. The monoisotopic (exact) mass is 277 g/mol. The highest BCUT2D eigenvalue weighted by Crippen LogP contribution is 2.24. The molecular formula is C15H23N3O2. The molecule has 1 aliphatic carbocycles. The Morgan fingerprint density at radius 3 is 2.55 bits per heavy atom. The molecule has 0 aliphatic heterocycles. The van der Waals surface area contributed by atoms with Crippen LogP contribution in [-0.4, -0.2) is 28.8 Å². The number of hydrogen-bond acceptors (Lipinski definition) is 4. The molecule has 1 heterocycles. The molecule has 0 aromatic carbocycles. The normalized spacial score (nSPS) is 21.8. The van der Waals surface area contributed by atoms with Crippen LogP contribution in [0.25, 0.3) is 0 Å². The minimum Gasteiger partial charge on any atom is -0.444 e. The summed E-state index contributed by atoms with van der Waals surface area (Å²) in [7, 11) is 0. The third kappa shape index (κ3) is 4.40. The number of carbonyl (C=O) groups is 1. The van der Waals surface area contributed by atoms with Crippen LogP contribution in [-0.2, 0) is 4.74 Å². The summed E-state index contributed by atoms with van der Waals surface area (Å²) < 4.78 is 5.23. The van der Waals surface area contributed by atoms with Gasteiger partial charge in [-0.2, -0.15) is 0 Å². The summed E-state index contributed by atoms with van der Waals surface area (Å²) in [6.45, 7) is 7.56. The fourth-order valence-corrected chi connectivity index (χ4v) is 2.12. The van der Waals surface area contributed by atoms with Crippen molar-refractivity contribution in [3.05, 3.63) is 24.0 Å². The summed E-state index contributed by atoms with van der Waals surface area (Å²) in [6.07, 6.45) is 3.32. The van der Waals surface area contributed by atoms with Gasteiger partial charge in [0.25, 0.3) is 0 Å². The predicted octanol–water partition coefficient (Wildman–Crippen LogP) is 2.86. The van der Waals surface area contributed by atoms with E-state index in [0.29, 0.717) is 6.04 Å². The van der Waals surface area contributed by atoms with Crippen LogP contribution < -0.4 is 10.6 Å². The molecule has 5 heteroatoms. The number of amides is 1. The number of anilines is 1. The molecule has 0 unspecified atom stereocenters. The molecular weight excluding hydrogens is 254 g/mol. The fraction of sp³-hybridized carbons (Fsp3) is 0.600. The molecule has 0 radical (unpaired) electrons. The van der Waals surface area contributed by atoms with E-state index in [2.05, 4.69) is 15.6 Å². The first-order valence-corrected chi connectivity index (χ1v) is 7.00. The van der Waals surface area contributed by atoms with Crippen LogP contribution in [0.2, 0.25) is 0 Å². The second kappa shape index (κ2) is 5.69. The van der Waals surface area contributed by atoms with Crippen LogP contribution in [0.5, 0.6) is 0 Å². The van der Waals surface area contributed by atoms with Gasteiger partial charge in [-0.1, -0.05) is 0 Å². The molecule has 1 saturated carbocycles. The average molecular weight is 277 g/mol. The first kappa shape index (κ1) is 14.6. The Kier molecular flexibility index (Phi) is 4.16. The molecule has 2 rings (SSSR count). The maximum absolute atomic E-state index is 11.6. The Hall–Kier alpha value is -1.78. The number of pyridine rings is 1. The molecule has 1 amide bonds. The van der Waals surface area contributed by atoms with Gasteiger partial charge in [0.1, 0.15) is 5.60 Å². The van der Waals surface area contributed by atoms with E-state index >= 15 is 0 Å². The number of aryl methyl sites for hydroxylation is 1. The van der Waals surface area contributed by atoms with Crippen molar-refractivity contribution in [3.63, 3.8) is 0 Å². The summed E-state index contributed by atoms with van der Waals surface area (Å²) in [5.41, 5.74) is 1.59. The fourth-order valence-electron chi connectivity index (χ4n) is 2.12. The van der Waals surface area contributed by atoms with Gasteiger partial charge in [0.05, 0.1) is 11.9 Å². The zero-order valence-electron chi connectivity index (χ0n) is 12.6. The van der Waals surface area contributed by atoms with Crippen molar-refractivity contribution in [2.75, 3.05) is 5.32 Å². The van der Waals surface area contributed by atoms with Crippen LogP contribution in [0.3, 0.4) is 0 Å². The SMILES string of the molecule is Cc1ccc(NC2CC(NC(=O)OC(C)(C)C)C2)cn1. The topological polar surface area (TPSA) is 63.2 Å². The van der Waals surface area contributed by atoms with Crippen LogP contribution in [0.1, 0.15) is 39.3 Å². The minimum absolute atomic E-state index is 0.195. The van der Waals surface area contributed by atoms with Crippen molar-refractivity contribution in [3.8, 4) is 0 Å². The van der Waals surface area contributed by atoms with Gasteiger partial charge >= 0.3 is 6.09 Å². The lowest BCUT2D eigenvalue weighted by molar-refractivity contribution is 0.0475. The molecule has 5 nitrogen and oxygen atoms in total. The third-order valence-corrected chi connectivity index (χ3v) is 3.14. The van der Waals surface area contributed by atoms with Gasteiger partial charge in [0.15, 0.2) is 0 Å². The zero-order chi connectivity index (χ0) is 14.8. The van der Waals surface area contributed by atoms with Crippen molar-refractivity contribution in [1.29, 1.82) is 0 Å². The molecule has 110 valence electrons. The molecule has 0 spiro atoms. The smallest absolute Gasteiger partial charge is 0.407 e. The Morgan fingerprint density at radius 1 is 1.30 bits per heavy atom. The number of aromatic nitrogens is 1. The number of hydrogen-bond donors (Lipinski definition) is 2. The van der Waals surface area contributed by atoms with Crippen molar-refractivity contribution >= 4 is 11.8 Å². The first-order chi connectivity index (χ1) is 9.32. The van der Waals surface area contributed by atoms with Gasteiger partial charge in [0, 0.05) is 17.8 Å². The molecule has 0 atom stereocenters. The number of rotatable bonds is 3. The average Bonchev–Trinajstić information content (AvgIpc) is 2.26. The lowest BCUT2D eigenvalue weighted by Crippen LogP contribution is -2.50. The van der Waals surface area contributed by atoms with Crippen molar-refractivity contribution in [1.82, 2.24) is 10.3 Å². The van der Waals surface area contributed by atoms with Crippen LogP contribution in [0.4, 0.5) is 10.5 Å².